The number of sulfonamides is 1. The van der Waals surface area contributed by atoms with E-state index >= 15 is 0 Å². The van der Waals surface area contributed by atoms with Crippen molar-refractivity contribution in [2.45, 2.75) is 30.6 Å². The molecule has 13 heteroatoms. The minimum Gasteiger partial charge on any atom is -0.489 e. The molecular weight excluding hydrogens is 592 g/mol. The Balaban J connectivity index is 1.47. The minimum atomic E-state index is -4.79. The Morgan fingerprint density at radius 1 is 0.925 bits per heavy atom. The molecule has 1 fully saturated rings. The van der Waals surface area contributed by atoms with E-state index in [0.717, 1.165) is 27.6 Å². The second-order valence-electron chi connectivity index (χ2n) is 9.25. The van der Waals surface area contributed by atoms with Gasteiger partial charge in [0.2, 0.25) is 10.0 Å². The van der Waals surface area contributed by atoms with Gasteiger partial charge >= 0.3 is 12.1 Å². The van der Waals surface area contributed by atoms with Crippen LogP contribution in [0, 0.1) is 0 Å². The Labute approximate surface area is 239 Å². The molecule has 1 aliphatic rings. The third-order valence-electron chi connectivity index (χ3n) is 6.39. The quantitative estimate of drug-likeness (QED) is 0.331. The Hall–Kier alpha value is -2.83. The van der Waals surface area contributed by atoms with Gasteiger partial charge in [-0.1, -0.05) is 47.5 Å². The normalized spacial score (nSPS) is 15.2. The number of carbonyl (C=O) groups is 1. The van der Waals surface area contributed by atoms with Crippen molar-refractivity contribution in [1.29, 1.82) is 0 Å². The average Bonchev–Trinajstić information content (AvgIpc) is 2.88. The molecular formula is C27H25Cl2F3N2O5S. The van der Waals surface area contributed by atoms with Crippen molar-refractivity contribution in [3.8, 4) is 5.75 Å². The number of carboxylic acid groups (broad SMARTS) is 1. The predicted octanol–water partition coefficient (Wildman–Crippen LogP) is 5.72. The van der Waals surface area contributed by atoms with Crippen LogP contribution >= 0.6 is 23.2 Å². The maximum absolute atomic E-state index is 13.3. The lowest BCUT2D eigenvalue weighted by molar-refractivity contribution is -0.138. The zero-order chi connectivity index (χ0) is 29.1. The van der Waals surface area contributed by atoms with E-state index in [1.807, 2.05) is 17.0 Å². The monoisotopic (exact) mass is 616 g/mol. The van der Waals surface area contributed by atoms with Gasteiger partial charge in [-0.15, -0.1) is 0 Å². The van der Waals surface area contributed by atoms with Crippen LogP contribution in [0.4, 0.5) is 13.2 Å². The summed E-state index contributed by atoms with van der Waals surface area (Å²) in [6.07, 6.45) is -4.96. The van der Waals surface area contributed by atoms with Crippen LogP contribution in [0.2, 0.25) is 10.0 Å². The summed E-state index contributed by atoms with van der Waals surface area (Å²) >= 11 is 11.6. The topological polar surface area (TPSA) is 87.2 Å². The van der Waals surface area contributed by atoms with Crippen LogP contribution in [0.15, 0.2) is 65.6 Å². The first kappa shape index (κ1) is 30.1. The first-order valence-electron chi connectivity index (χ1n) is 12.1. The lowest BCUT2D eigenvalue weighted by atomic mass is 10.1. The number of benzene rings is 3. The number of carboxylic acids is 1. The Kier molecular flexibility index (Phi) is 9.31. The summed E-state index contributed by atoms with van der Waals surface area (Å²) in [5.41, 5.74) is 1.00. The zero-order valence-corrected chi connectivity index (χ0v) is 23.3. The zero-order valence-electron chi connectivity index (χ0n) is 21.0. The average molecular weight is 617 g/mol. The number of aliphatic carboxylic acids is 1. The second-order valence-corrected chi connectivity index (χ2v) is 12.0. The molecule has 0 saturated carbocycles. The van der Waals surface area contributed by atoms with Crippen molar-refractivity contribution >= 4 is 39.2 Å². The molecule has 0 amide bonds. The van der Waals surface area contributed by atoms with Gasteiger partial charge < -0.3 is 9.84 Å². The Morgan fingerprint density at radius 2 is 1.57 bits per heavy atom. The van der Waals surface area contributed by atoms with Gasteiger partial charge in [-0.3, -0.25) is 9.69 Å². The van der Waals surface area contributed by atoms with Crippen molar-refractivity contribution in [1.82, 2.24) is 9.21 Å². The molecule has 1 saturated heterocycles. The van der Waals surface area contributed by atoms with E-state index in [1.165, 1.54) is 0 Å². The highest BCUT2D eigenvalue weighted by molar-refractivity contribution is 7.89. The summed E-state index contributed by atoms with van der Waals surface area (Å²) in [7, 11) is -4.18. The number of piperazine rings is 1. The van der Waals surface area contributed by atoms with Crippen molar-refractivity contribution in [3.05, 3.63) is 93.0 Å². The lowest BCUT2D eigenvalue weighted by Crippen LogP contribution is -2.48. The largest absolute Gasteiger partial charge is 0.489 e. The molecule has 0 aromatic heterocycles. The van der Waals surface area contributed by atoms with Crippen LogP contribution in [-0.2, 0) is 40.6 Å². The van der Waals surface area contributed by atoms with Gasteiger partial charge in [0.15, 0.2) is 0 Å². The molecule has 40 heavy (non-hydrogen) atoms. The van der Waals surface area contributed by atoms with E-state index in [9.17, 15) is 31.5 Å². The van der Waals surface area contributed by atoms with E-state index in [2.05, 4.69) is 0 Å². The molecule has 214 valence electrons. The van der Waals surface area contributed by atoms with Crippen LogP contribution in [-0.4, -0.2) is 54.9 Å². The van der Waals surface area contributed by atoms with Crippen LogP contribution in [0.1, 0.15) is 22.3 Å². The van der Waals surface area contributed by atoms with Crippen molar-refractivity contribution < 1.29 is 36.2 Å². The van der Waals surface area contributed by atoms with Crippen LogP contribution < -0.4 is 4.74 Å². The maximum atomic E-state index is 13.3. The van der Waals surface area contributed by atoms with Crippen molar-refractivity contribution in [2.75, 3.05) is 26.2 Å². The molecule has 3 aromatic rings. The van der Waals surface area contributed by atoms with Gasteiger partial charge in [0.05, 0.1) is 21.9 Å². The summed E-state index contributed by atoms with van der Waals surface area (Å²) in [6.45, 7) is 1.34. The van der Waals surface area contributed by atoms with E-state index in [0.29, 0.717) is 42.0 Å². The third kappa shape index (κ3) is 7.46. The summed E-state index contributed by atoms with van der Waals surface area (Å²) in [6, 6.07) is 14.9. The molecule has 3 aromatic carbocycles. The standard InChI is InChI=1S/C27H25Cl2F3N2O5S/c28-21-4-1-18(2-5-21)17-39-25-8-3-19(14-26(35)36)13-20(25)16-33-9-11-34(12-10-33)40(37,38)22-6-7-24(29)23(15-22)27(30,31)32/h1-8,13,15H,9-12,14,16-17H2,(H,35,36). The van der Waals surface area contributed by atoms with Gasteiger partial charge in [0.1, 0.15) is 12.4 Å². The van der Waals surface area contributed by atoms with Gasteiger partial charge in [-0.05, 0) is 47.5 Å². The van der Waals surface area contributed by atoms with Gasteiger partial charge in [-0.2, -0.15) is 17.5 Å². The lowest BCUT2D eigenvalue weighted by Gasteiger charge is -2.34. The molecule has 0 bridgehead atoms. The summed E-state index contributed by atoms with van der Waals surface area (Å²) in [5.74, 6) is -0.421. The molecule has 4 rings (SSSR count). The first-order chi connectivity index (χ1) is 18.8. The second kappa shape index (κ2) is 12.4. The van der Waals surface area contributed by atoms with E-state index < -0.39 is 37.7 Å². The predicted molar refractivity (Wildman–Crippen MR) is 144 cm³/mol. The third-order valence-corrected chi connectivity index (χ3v) is 8.87. The van der Waals surface area contributed by atoms with Gasteiger partial charge in [-0.25, -0.2) is 8.42 Å². The van der Waals surface area contributed by atoms with E-state index in [-0.39, 0.29) is 26.1 Å². The fourth-order valence-corrected chi connectivity index (χ4v) is 6.12. The van der Waals surface area contributed by atoms with Gasteiger partial charge in [0.25, 0.3) is 0 Å². The van der Waals surface area contributed by atoms with Gasteiger partial charge in [0, 0.05) is 43.3 Å². The van der Waals surface area contributed by atoms with Crippen molar-refractivity contribution in [3.63, 3.8) is 0 Å². The smallest absolute Gasteiger partial charge is 0.417 e. The molecule has 0 spiro atoms. The summed E-state index contributed by atoms with van der Waals surface area (Å²) in [5, 5.41) is 9.24. The molecule has 0 aliphatic carbocycles. The Bertz CT molecular complexity index is 1480. The SMILES string of the molecule is O=C(O)Cc1ccc(OCc2ccc(Cl)cc2)c(CN2CCN(S(=O)(=O)c3ccc(Cl)c(C(F)(F)F)c3)CC2)c1. The summed E-state index contributed by atoms with van der Waals surface area (Å²) < 4.78 is 73.2. The number of halogens is 5. The first-order valence-corrected chi connectivity index (χ1v) is 14.3. The fourth-order valence-electron chi connectivity index (χ4n) is 4.32. The minimum absolute atomic E-state index is 0.0576. The van der Waals surface area contributed by atoms with E-state index in [4.69, 9.17) is 27.9 Å². The van der Waals surface area contributed by atoms with Crippen molar-refractivity contribution in [2.24, 2.45) is 0 Å². The highest BCUT2D eigenvalue weighted by Gasteiger charge is 2.36. The number of hydrogen-bond donors (Lipinski definition) is 1. The molecule has 0 radical (unpaired) electrons. The highest BCUT2D eigenvalue weighted by Crippen LogP contribution is 2.36. The van der Waals surface area contributed by atoms with Crippen LogP contribution in [0.25, 0.3) is 0 Å². The molecule has 0 atom stereocenters. The molecule has 7 nitrogen and oxygen atoms in total. The highest BCUT2D eigenvalue weighted by atomic mass is 35.5. The van der Waals surface area contributed by atoms with Crippen LogP contribution in [0.3, 0.4) is 0 Å². The Morgan fingerprint density at radius 3 is 2.20 bits per heavy atom. The van der Waals surface area contributed by atoms with Crippen LogP contribution in [0.5, 0.6) is 5.75 Å². The molecule has 1 N–H and O–H groups in total. The number of hydrogen-bond acceptors (Lipinski definition) is 5. The fraction of sp³-hybridized carbons (Fsp3) is 0.296. The molecule has 1 aliphatic heterocycles. The summed E-state index contributed by atoms with van der Waals surface area (Å²) in [4.78, 5) is 12.8. The number of alkyl halides is 3. The molecule has 0 unspecified atom stereocenters. The van der Waals surface area contributed by atoms with E-state index in [1.54, 1.807) is 30.3 Å². The molecule has 1 heterocycles. The number of rotatable bonds is 9. The number of nitrogens with zero attached hydrogens (tertiary/aromatic N) is 2. The maximum Gasteiger partial charge on any atom is 0.417 e. The number of ether oxygens (including phenoxy) is 1.